The van der Waals surface area contributed by atoms with Gasteiger partial charge in [0.25, 0.3) is 0 Å². The molecule has 1 amide bonds. The van der Waals surface area contributed by atoms with Crippen molar-refractivity contribution >= 4 is 23.2 Å². The summed E-state index contributed by atoms with van der Waals surface area (Å²) in [6, 6.07) is -0.317. The lowest BCUT2D eigenvalue weighted by atomic mass is 10.1. The van der Waals surface area contributed by atoms with Crippen LogP contribution in [0, 0.1) is 6.92 Å². The van der Waals surface area contributed by atoms with Gasteiger partial charge in [0.2, 0.25) is 5.91 Å². The van der Waals surface area contributed by atoms with Gasteiger partial charge in [-0.1, -0.05) is 0 Å². The summed E-state index contributed by atoms with van der Waals surface area (Å²) in [5.74, 6) is -1.12. The number of carboxylic acid groups (broad SMARTS) is 1. The fraction of sp³-hybridized carbons (Fsp3) is 0.667. The third-order valence-corrected chi connectivity index (χ3v) is 4.93. The van der Waals surface area contributed by atoms with Crippen molar-refractivity contribution in [2.24, 2.45) is 0 Å². The van der Waals surface area contributed by atoms with Crippen molar-refractivity contribution in [3.05, 3.63) is 15.6 Å². The van der Waals surface area contributed by atoms with E-state index in [9.17, 15) is 9.59 Å². The number of thiazole rings is 1. The minimum atomic E-state index is -0.991. The minimum Gasteiger partial charge on any atom is -0.477 e. The highest BCUT2D eigenvalue weighted by molar-refractivity contribution is 7.13. The first-order valence-electron chi connectivity index (χ1n) is 7.66. The number of hydrogen-bond donors (Lipinski definition) is 2. The summed E-state index contributed by atoms with van der Waals surface area (Å²) in [6.45, 7) is 5.24. The summed E-state index contributed by atoms with van der Waals surface area (Å²) in [6.07, 6.45) is 2.19. The molecule has 1 fully saturated rings. The second kappa shape index (κ2) is 8.37. The number of nitrogens with zero attached hydrogens (tertiary/aromatic N) is 1. The van der Waals surface area contributed by atoms with Crippen LogP contribution in [-0.2, 0) is 14.3 Å². The Hall–Kier alpha value is -1.51. The quantitative estimate of drug-likeness (QED) is 0.785. The molecule has 1 aliphatic heterocycles. The average molecular weight is 342 g/mol. The zero-order valence-electron chi connectivity index (χ0n) is 13.3. The molecule has 8 heteroatoms. The van der Waals surface area contributed by atoms with Gasteiger partial charge in [0, 0.05) is 19.6 Å². The number of aryl methyl sites for hydroxylation is 1. The van der Waals surface area contributed by atoms with Gasteiger partial charge in [-0.3, -0.25) is 4.79 Å². The fourth-order valence-electron chi connectivity index (χ4n) is 2.34. The van der Waals surface area contributed by atoms with E-state index in [1.807, 2.05) is 0 Å². The predicted molar refractivity (Wildman–Crippen MR) is 84.8 cm³/mol. The molecule has 0 saturated carbocycles. The highest BCUT2D eigenvalue weighted by Gasteiger charge is 2.19. The van der Waals surface area contributed by atoms with E-state index >= 15 is 0 Å². The summed E-state index contributed by atoms with van der Waals surface area (Å²) in [5.41, 5.74) is 0.474. The second-order valence-corrected chi connectivity index (χ2v) is 6.52. The molecule has 23 heavy (non-hydrogen) atoms. The third-order valence-electron chi connectivity index (χ3n) is 3.61. The number of rotatable bonds is 7. The molecule has 1 atom stereocenters. The van der Waals surface area contributed by atoms with Crippen LogP contribution in [0.1, 0.15) is 52.6 Å². The number of aromatic nitrogens is 1. The fourth-order valence-corrected chi connectivity index (χ4v) is 3.25. The Balaban J connectivity index is 1.75. The van der Waals surface area contributed by atoms with Crippen molar-refractivity contribution in [1.29, 1.82) is 0 Å². The lowest BCUT2D eigenvalue weighted by molar-refractivity contribution is -0.123. The molecule has 2 heterocycles. The van der Waals surface area contributed by atoms with Gasteiger partial charge < -0.3 is 19.9 Å². The van der Waals surface area contributed by atoms with Crippen molar-refractivity contribution in [3.63, 3.8) is 0 Å². The molecule has 2 N–H and O–H groups in total. The molecule has 7 nitrogen and oxygen atoms in total. The van der Waals surface area contributed by atoms with E-state index in [1.165, 1.54) is 0 Å². The lowest BCUT2D eigenvalue weighted by Gasteiger charge is -2.22. The van der Waals surface area contributed by atoms with Crippen molar-refractivity contribution in [2.75, 3.05) is 19.8 Å². The highest BCUT2D eigenvalue weighted by atomic mass is 32.1. The molecule has 0 bridgehead atoms. The number of carbonyl (C=O) groups excluding carboxylic acids is 1. The third kappa shape index (κ3) is 5.26. The number of hydrogen-bond acceptors (Lipinski definition) is 6. The zero-order valence-corrected chi connectivity index (χ0v) is 14.1. The van der Waals surface area contributed by atoms with Crippen molar-refractivity contribution in [1.82, 2.24) is 10.3 Å². The van der Waals surface area contributed by atoms with Gasteiger partial charge in [-0.05, 0) is 26.7 Å². The summed E-state index contributed by atoms with van der Waals surface area (Å²) in [4.78, 5) is 27.4. The lowest BCUT2D eigenvalue weighted by Crippen LogP contribution is -2.29. The molecule has 0 aromatic carbocycles. The van der Waals surface area contributed by atoms with Gasteiger partial charge in [0.1, 0.15) is 9.88 Å². The number of nitrogens with one attached hydrogen (secondary N) is 1. The average Bonchev–Trinajstić information content (AvgIpc) is 2.90. The van der Waals surface area contributed by atoms with Crippen LogP contribution in [0.3, 0.4) is 0 Å². The summed E-state index contributed by atoms with van der Waals surface area (Å²) in [5, 5.41) is 12.5. The molecular weight excluding hydrogens is 320 g/mol. The van der Waals surface area contributed by atoms with E-state index in [-0.39, 0.29) is 29.4 Å². The Morgan fingerprint density at radius 1 is 1.48 bits per heavy atom. The van der Waals surface area contributed by atoms with E-state index in [4.69, 9.17) is 14.6 Å². The van der Waals surface area contributed by atoms with E-state index in [0.717, 1.165) is 24.2 Å². The summed E-state index contributed by atoms with van der Waals surface area (Å²) >= 11 is 1.09. The Kier molecular flexibility index (Phi) is 6.49. The van der Waals surface area contributed by atoms with E-state index in [1.54, 1.807) is 13.8 Å². The molecule has 2 rings (SSSR count). The van der Waals surface area contributed by atoms with Crippen molar-refractivity contribution in [2.45, 2.75) is 45.3 Å². The second-order valence-electron chi connectivity index (χ2n) is 5.49. The van der Waals surface area contributed by atoms with Gasteiger partial charge in [0.05, 0.1) is 24.4 Å². The van der Waals surface area contributed by atoms with E-state index < -0.39 is 5.97 Å². The highest BCUT2D eigenvalue weighted by Crippen LogP contribution is 2.23. The van der Waals surface area contributed by atoms with Gasteiger partial charge in [-0.25, -0.2) is 9.78 Å². The Bertz CT molecular complexity index is 554. The zero-order chi connectivity index (χ0) is 16.8. The van der Waals surface area contributed by atoms with E-state index in [0.29, 0.717) is 30.5 Å². The molecule has 0 aliphatic carbocycles. The maximum atomic E-state index is 11.9. The van der Waals surface area contributed by atoms with E-state index in [2.05, 4.69) is 10.3 Å². The van der Waals surface area contributed by atoms with Crippen LogP contribution in [0.2, 0.25) is 0 Å². The maximum absolute atomic E-state index is 11.9. The van der Waals surface area contributed by atoms with Crippen molar-refractivity contribution in [3.8, 4) is 0 Å². The van der Waals surface area contributed by atoms with Crippen LogP contribution in [0.15, 0.2) is 0 Å². The molecule has 0 radical (unpaired) electrons. The first-order valence-corrected chi connectivity index (χ1v) is 8.48. The largest absolute Gasteiger partial charge is 0.477 e. The molecule has 1 saturated heterocycles. The Labute approximate surface area is 139 Å². The molecule has 1 aromatic rings. The Morgan fingerprint density at radius 3 is 2.78 bits per heavy atom. The van der Waals surface area contributed by atoms with Gasteiger partial charge in [-0.15, -0.1) is 11.3 Å². The van der Waals surface area contributed by atoms with Crippen LogP contribution in [0.25, 0.3) is 0 Å². The monoisotopic (exact) mass is 342 g/mol. The van der Waals surface area contributed by atoms with Gasteiger partial charge in [0.15, 0.2) is 0 Å². The molecule has 128 valence electrons. The van der Waals surface area contributed by atoms with Crippen LogP contribution < -0.4 is 5.32 Å². The number of carboxylic acids is 1. The summed E-state index contributed by atoms with van der Waals surface area (Å²) < 4.78 is 10.9. The van der Waals surface area contributed by atoms with Crippen LogP contribution in [-0.4, -0.2) is 47.9 Å². The molecular formula is C15H22N2O5S. The van der Waals surface area contributed by atoms with Gasteiger partial charge in [-0.2, -0.15) is 0 Å². The molecule has 1 aromatic heterocycles. The van der Waals surface area contributed by atoms with Crippen molar-refractivity contribution < 1.29 is 24.2 Å². The van der Waals surface area contributed by atoms with Crippen LogP contribution in [0.5, 0.6) is 0 Å². The molecule has 1 aliphatic rings. The van der Waals surface area contributed by atoms with Gasteiger partial charge >= 0.3 is 5.97 Å². The summed E-state index contributed by atoms with van der Waals surface area (Å²) in [7, 11) is 0. The SMILES string of the molecule is Cc1nc(C(C)NC(=O)CCOC2CCOCC2)sc1C(=O)O. The number of ether oxygens (including phenoxy) is 2. The normalized spacial score (nSPS) is 17.0. The number of carbonyl (C=O) groups is 2. The Morgan fingerprint density at radius 2 is 2.17 bits per heavy atom. The number of amides is 1. The minimum absolute atomic E-state index is 0.130. The first kappa shape index (κ1) is 17.8. The number of aromatic carboxylic acids is 1. The first-order chi connectivity index (χ1) is 11.0. The maximum Gasteiger partial charge on any atom is 0.347 e. The standard InChI is InChI=1S/C15H22N2O5S/c1-9-13(15(19)20)23-14(17-9)10(2)16-12(18)5-8-22-11-3-6-21-7-4-11/h10-11H,3-8H2,1-2H3,(H,16,18)(H,19,20). The topological polar surface area (TPSA) is 97.8 Å². The molecule has 1 unspecified atom stereocenters. The predicted octanol–water partition coefficient (Wildman–Crippen LogP) is 1.91. The smallest absolute Gasteiger partial charge is 0.347 e. The van der Waals surface area contributed by atoms with Crippen LogP contribution >= 0.6 is 11.3 Å². The molecule has 0 spiro atoms. The van der Waals surface area contributed by atoms with Crippen LogP contribution in [0.4, 0.5) is 0 Å².